The fraction of sp³-hybridized carbons (Fsp3) is 0.333. The van der Waals surface area contributed by atoms with Crippen LogP contribution in [-0.2, 0) is 9.59 Å². The summed E-state index contributed by atoms with van der Waals surface area (Å²) in [7, 11) is 0. The minimum absolute atomic E-state index is 0.0899. The molecule has 4 heteroatoms. The number of para-hydroxylation sites is 1. The Morgan fingerprint density at radius 1 is 1.38 bits per heavy atom. The van der Waals surface area contributed by atoms with Crippen molar-refractivity contribution in [2.75, 3.05) is 13.2 Å². The molecule has 1 unspecified atom stereocenters. The molecule has 0 spiro atoms. The molecule has 16 heavy (non-hydrogen) atoms. The first-order chi connectivity index (χ1) is 7.77. The Hall–Kier alpha value is -1.68. The summed E-state index contributed by atoms with van der Waals surface area (Å²) in [6.07, 6.45) is 1.00. The fourth-order valence-electron chi connectivity index (χ4n) is 1.26. The van der Waals surface area contributed by atoms with E-state index in [9.17, 15) is 9.59 Å². The topological polar surface area (TPSA) is 69.4 Å². The van der Waals surface area contributed by atoms with Crippen LogP contribution in [0.15, 0.2) is 30.3 Å². The van der Waals surface area contributed by atoms with E-state index in [2.05, 4.69) is 0 Å². The molecule has 0 heterocycles. The van der Waals surface area contributed by atoms with Crippen LogP contribution in [-0.4, -0.2) is 25.2 Å². The number of carbonyl (C=O) groups excluding carboxylic acids is 2. The van der Waals surface area contributed by atoms with Crippen molar-refractivity contribution in [3.63, 3.8) is 0 Å². The van der Waals surface area contributed by atoms with E-state index in [1.807, 2.05) is 18.2 Å². The first-order valence-electron chi connectivity index (χ1n) is 5.14. The summed E-state index contributed by atoms with van der Waals surface area (Å²) in [5.74, 6) is -0.258. The molecule has 0 fully saturated rings. The van der Waals surface area contributed by atoms with Crippen LogP contribution >= 0.6 is 0 Å². The Balaban J connectivity index is 2.42. The molecule has 2 N–H and O–H groups in total. The van der Waals surface area contributed by atoms with Gasteiger partial charge >= 0.3 is 0 Å². The zero-order valence-corrected chi connectivity index (χ0v) is 8.96. The number of rotatable bonds is 7. The van der Waals surface area contributed by atoms with Gasteiger partial charge in [0.15, 0.2) is 5.78 Å². The van der Waals surface area contributed by atoms with Gasteiger partial charge in [-0.2, -0.15) is 0 Å². The number of ketones is 1. The SMILES string of the molecule is NCCC(C=O)C(=O)COc1ccccc1. The highest BCUT2D eigenvalue weighted by Crippen LogP contribution is 2.09. The van der Waals surface area contributed by atoms with Crippen LogP contribution in [0.4, 0.5) is 0 Å². The summed E-state index contributed by atoms with van der Waals surface area (Å²) in [5, 5.41) is 0. The molecule has 0 bridgehead atoms. The minimum atomic E-state index is -0.645. The zero-order chi connectivity index (χ0) is 11.8. The first-order valence-corrected chi connectivity index (χ1v) is 5.14. The van der Waals surface area contributed by atoms with E-state index in [1.54, 1.807) is 12.1 Å². The van der Waals surface area contributed by atoms with Crippen LogP contribution in [0.1, 0.15) is 6.42 Å². The molecule has 0 amide bonds. The molecule has 0 saturated heterocycles. The molecule has 0 aliphatic carbocycles. The maximum Gasteiger partial charge on any atom is 0.180 e. The summed E-state index contributed by atoms with van der Waals surface area (Å²) < 4.78 is 5.25. The third-order valence-electron chi connectivity index (χ3n) is 2.18. The molecule has 0 radical (unpaired) electrons. The normalized spacial score (nSPS) is 11.8. The third-order valence-corrected chi connectivity index (χ3v) is 2.18. The van der Waals surface area contributed by atoms with Gasteiger partial charge in [-0.3, -0.25) is 4.79 Å². The summed E-state index contributed by atoms with van der Waals surface area (Å²) >= 11 is 0. The summed E-state index contributed by atoms with van der Waals surface area (Å²) in [5.41, 5.74) is 5.30. The lowest BCUT2D eigenvalue weighted by Gasteiger charge is -2.09. The van der Waals surface area contributed by atoms with Crippen molar-refractivity contribution in [1.29, 1.82) is 0 Å². The lowest BCUT2D eigenvalue weighted by molar-refractivity contribution is -0.129. The van der Waals surface area contributed by atoms with E-state index in [1.165, 1.54) is 0 Å². The Morgan fingerprint density at radius 3 is 2.62 bits per heavy atom. The van der Waals surface area contributed by atoms with E-state index < -0.39 is 5.92 Å². The largest absolute Gasteiger partial charge is 0.486 e. The number of nitrogens with two attached hydrogens (primary N) is 1. The molecule has 0 aromatic heterocycles. The van der Waals surface area contributed by atoms with Gasteiger partial charge < -0.3 is 15.3 Å². The molecule has 4 nitrogen and oxygen atoms in total. The monoisotopic (exact) mass is 221 g/mol. The highest BCUT2D eigenvalue weighted by molar-refractivity contribution is 5.94. The van der Waals surface area contributed by atoms with Crippen molar-refractivity contribution in [3.8, 4) is 5.75 Å². The molecular weight excluding hydrogens is 206 g/mol. The average molecular weight is 221 g/mol. The molecule has 0 aliphatic rings. The average Bonchev–Trinajstić information content (AvgIpc) is 2.34. The standard InChI is InChI=1S/C12H15NO3/c13-7-6-10(8-14)12(15)9-16-11-4-2-1-3-5-11/h1-5,8,10H,6-7,9,13H2. The van der Waals surface area contributed by atoms with Crippen molar-refractivity contribution < 1.29 is 14.3 Å². The maximum atomic E-state index is 11.5. The molecule has 0 aliphatic heterocycles. The van der Waals surface area contributed by atoms with Crippen LogP contribution in [0.2, 0.25) is 0 Å². The predicted octanol–water partition coefficient (Wildman–Crippen LogP) is 0.798. The van der Waals surface area contributed by atoms with E-state index in [0.29, 0.717) is 25.0 Å². The van der Waals surface area contributed by atoms with E-state index in [0.717, 1.165) is 0 Å². The second kappa shape index (κ2) is 6.74. The first kappa shape index (κ1) is 12.4. The van der Waals surface area contributed by atoms with Gasteiger partial charge in [0.1, 0.15) is 18.6 Å². The Morgan fingerprint density at radius 2 is 2.06 bits per heavy atom. The molecule has 1 rings (SSSR count). The van der Waals surface area contributed by atoms with Crippen molar-refractivity contribution >= 4 is 12.1 Å². The molecular formula is C12H15NO3. The van der Waals surface area contributed by atoms with Crippen molar-refractivity contribution in [2.45, 2.75) is 6.42 Å². The second-order valence-corrected chi connectivity index (χ2v) is 3.39. The Labute approximate surface area is 94.4 Å². The highest BCUT2D eigenvalue weighted by Gasteiger charge is 2.16. The van der Waals surface area contributed by atoms with E-state index in [4.69, 9.17) is 10.5 Å². The number of benzene rings is 1. The molecule has 1 aromatic rings. The van der Waals surface area contributed by atoms with Crippen LogP contribution in [0.3, 0.4) is 0 Å². The van der Waals surface area contributed by atoms with Crippen LogP contribution in [0.5, 0.6) is 5.75 Å². The number of aldehydes is 1. The van der Waals surface area contributed by atoms with Gasteiger partial charge in [-0.25, -0.2) is 0 Å². The zero-order valence-electron chi connectivity index (χ0n) is 8.96. The van der Waals surface area contributed by atoms with Gasteiger partial charge in [-0.05, 0) is 25.1 Å². The number of carbonyl (C=O) groups is 2. The van der Waals surface area contributed by atoms with Crippen LogP contribution in [0.25, 0.3) is 0 Å². The molecule has 0 saturated carbocycles. The minimum Gasteiger partial charge on any atom is -0.486 e. The Bertz CT molecular complexity index is 337. The van der Waals surface area contributed by atoms with Gasteiger partial charge in [0.2, 0.25) is 0 Å². The second-order valence-electron chi connectivity index (χ2n) is 3.39. The van der Waals surface area contributed by atoms with Crippen LogP contribution in [0, 0.1) is 5.92 Å². The maximum absolute atomic E-state index is 11.5. The quantitative estimate of drug-likeness (QED) is 0.546. The van der Waals surface area contributed by atoms with Crippen molar-refractivity contribution in [3.05, 3.63) is 30.3 Å². The molecule has 1 aromatic carbocycles. The number of hydrogen-bond acceptors (Lipinski definition) is 4. The Kier molecular flexibility index (Phi) is 5.22. The van der Waals surface area contributed by atoms with Gasteiger partial charge in [0, 0.05) is 0 Å². The number of hydrogen-bond donors (Lipinski definition) is 1. The van der Waals surface area contributed by atoms with Gasteiger partial charge in [0.05, 0.1) is 5.92 Å². The van der Waals surface area contributed by atoms with E-state index >= 15 is 0 Å². The van der Waals surface area contributed by atoms with Gasteiger partial charge in [-0.15, -0.1) is 0 Å². The summed E-state index contributed by atoms with van der Waals surface area (Å²) in [6.45, 7) is 0.230. The molecule has 86 valence electrons. The predicted molar refractivity (Wildman–Crippen MR) is 60.2 cm³/mol. The van der Waals surface area contributed by atoms with Crippen molar-refractivity contribution in [2.24, 2.45) is 11.7 Å². The smallest absolute Gasteiger partial charge is 0.180 e. The highest BCUT2D eigenvalue weighted by atomic mass is 16.5. The number of ether oxygens (including phenoxy) is 1. The fourth-order valence-corrected chi connectivity index (χ4v) is 1.26. The number of Topliss-reactive ketones (excluding diaryl/α,β-unsaturated/α-hetero) is 1. The summed E-state index contributed by atoms with van der Waals surface area (Å²) in [4.78, 5) is 22.1. The van der Waals surface area contributed by atoms with E-state index in [-0.39, 0.29) is 12.4 Å². The lowest BCUT2D eigenvalue weighted by atomic mass is 10.0. The van der Waals surface area contributed by atoms with Crippen molar-refractivity contribution in [1.82, 2.24) is 0 Å². The molecule has 1 atom stereocenters. The van der Waals surface area contributed by atoms with Gasteiger partial charge in [-0.1, -0.05) is 18.2 Å². The van der Waals surface area contributed by atoms with Gasteiger partial charge in [0.25, 0.3) is 0 Å². The summed E-state index contributed by atoms with van der Waals surface area (Å²) in [6, 6.07) is 9.00. The van der Waals surface area contributed by atoms with Crippen LogP contribution < -0.4 is 10.5 Å². The lowest BCUT2D eigenvalue weighted by Crippen LogP contribution is -2.25. The third kappa shape index (κ3) is 3.82.